The summed E-state index contributed by atoms with van der Waals surface area (Å²) in [4.78, 5) is 12.9. The first kappa shape index (κ1) is 23.3. The molecule has 0 spiro atoms. The van der Waals surface area contributed by atoms with Gasteiger partial charge in [-0.15, -0.1) is 0 Å². The van der Waals surface area contributed by atoms with Crippen molar-refractivity contribution in [2.75, 3.05) is 24.5 Å². The van der Waals surface area contributed by atoms with Crippen LogP contribution in [0.15, 0.2) is 77.7 Å². The maximum Gasteiger partial charge on any atom is 0.264 e. The summed E-state index contributed by atoms with van der Waals surface area (Å²) in [6.45, 7) is 3.97. The van der Waals surface area contributed by atoms with Crippen LogP contribution in [0.5, 0.6) is 5.75 Å². The fourth-order valence-electron chi connectivity index (χ4n) is 3.24. The van der Waals surface area contributed by atoms with E-state index in [0.717, 1.165) is 26.7 Å². The van der Waals surface area contributed by atoms with Gasteiger partial charge in [0.05, 0.1) is 17.7 Å². The van der Waals surface area contributed by atoms with E-state index in [9.17, 15) is 13.2 Å². The lowest BCUT2D eigenvalue weighted by Crippen LogP contribution is -2.41. The van der Waals surface area contributed by atoms with Crippen molar-refractivity contribution in [1.82, 2.24) is 5.32 Å². The van der Waals surface area contributed by atoms with Gasteiger partial charge in [-0.1, -0.05) is 36.4 Å². The Balaban J connectivity index is 1.76. The number of benzene rings is 3. The van der Waals surface area contributed by atoms with Crippen molar-refractivity contribution >= 4 is 21.6 Å². The highest BCUT2D eigenvalue weighted by molar-refractivity contribution is 7.92. The molecule has 0 heterocycles. The number of hydrogen-bond donors (Lipinski definition) is 1. The minimum Gasteiger partial charge on any atom is -0.497 e. The molecular formula is C25H28N2O4S. The molecule has 0 saturated heterocycles. The molecule has 0 aliphatic rings. The monoisotopic (exact) mass is 452 g/mol. The quantitative estimate of drug-likeness (QED) is 0.535. The zero-order valence-electron chi connectivity index (χ0n) is 18.5. The highest BCUT2D eigenvalue weighted by Crippen LogP contribution is 2.25. The normalized spacial score (nSPS) is 11.1. The molecule has 0 aliphatic heterocycles. The van der Waals surface area contributed by atoms with E-state index in [1.165, 1.54) is 12.1 Å². The van der Waals surface area contributed by atoms with Gasteiger partial charge >= 0.3 is 0 Å². The fraction of sp³-hybridized carbons (Fsp3) is 0.240. The topological polar surface area (TPSA) is 75.7 Å². The molecule has 0 aromatic heterocycles. The number of sulfonamides is 1. The summed E-state index contributed by atoms with van der Waals surface area (Å²) in [6.07, 6.45) is 0.630. The van der Waals surface area contributed by atoms with E-state index < -0.39 is 10.0 Å². The lowest BCUT2D eigenvalue weighted by Gasteiger charge is -2.25. The molecule has 0 radical (unpaired) electrons. The first-order valence-electron chi connectivity index (χ1n) is 10.4. The number of ether oxygens (including phenoxy) is 1. The highest BCUT2D eigenvalue weighted by Gasteiger charge is 2.27. The molecule has 32 heavy (non-hydrogen) atoms. The van der Waals surface area contributed by atoms with Gasteiger partial charge < -0.3 is 10.1 Å². The van der Waals surface area contributed by atoms with Gasteiger partial charge in [0.1, 0.15) is 12.3 Å². The third kappa shape index (κ3) is 5.68. The molecule has 0 unspecified atom stereocenters. The van der Waals surface area contributed by atoms with E-state index in [1.54, 1.807) is 37.4 Å². The van der Waals surface area contributed by atoms with Gasteiger partial charge in [0.15, 0.2) is 0 Å². The number of anilines is 1. The predicted octanol–water partition coefficient (Wildman–Crippen LogP) is 3.87. The van der Waals surface area contributed by atoms with Crippen molar-refractivity contribution in [2.45, 2.75) is 25.2 Å². The smallest absolute Gasteiger partial charge is 0.264 e. The Bertz CT molecular complexity index is 1160. The molecule has 3 aromatic rings. The first-order chi connectivity index (χ1) is 15.3. The minimum absolute atomic E-state index is 0.143. The number of carbonyl (C=O) groups is 1. The summed E-state index contributed by atoms with van der Waals surface area (Å²) < 4.78 is 33.0. The van der Waals surface area contributed by atoms with Gasteiger partial charge in [0, 0.05) is 6.54 Å². The van der Waals surface area contributed by atoms with Crippen LogP contribution in [0.25, 0.3) is 0 Å². The second-order valence-electron chi connectivity index (χ2n) is 7.54. The Morgan fingerprint density at radius 3 is 2.25 bits per heavy atom. The van der Waals surface area contributed by atoms with Gasteiger partial charge in [0.2, 0.25) is 5.91 Å². The molecule has 0 bridgehead atoms. The van der Waals surface area contributed by atoms with E-state index in [1.807, 2.05) is 44.2 Å². The summed E-state index contributed by atoms with van der Waals surface area (Å²) in [7, 11) is -2.29. The lowest BCUT2D eigenvalue weighted by atomic mass is 10.1. The van der Waals surface area contributed by atoms with Crippen LogP contribution in [0.1, 0.15) is 16.7 Å². The second-order valence-corrected chi connectivity index (χ2v) is 9.40. The summed E-state index contributed by atoms with van der Waals surface area (Å²) in [5.41, 5.74) is 3.52. The SMILES string of the molecule is COc1ccc(CCNC(=O)CN(c2ccc(C)c(C)c2)S(=O)(=O)c2ccccc2)cc1. The van der Waals surface area contributed by atoms with Crippen molar-refractivity contribution in [3.63, 3.8) is 0 Å². The maximum absolute atomic E-state index is 13.4. The molecule has 6 nitrogen and oxygen atoms in total. The van der Waals surface area contributed by atoms with E-state index in [4.69, 9.17) is 4.74 Å². The highest BCUT2D eigenvalue weighted by atomic mass is 32.2. The predicted molar refractivity (Wildman–Crippen MR) is 127 cm³/mol. The Morgan fingerprint density at radius 2 is 1.62 bits per heavy atom. The molecule has 168 valence electrons. The summed E-state index contributed by atoms with van der Waals surface area (Å²) in [5, 5.41) is 2.83. The maximum atomic E-state index is 13.4. The first-order valence-corrected chi connectivity index (χ1v) is 11.8. The van der Waals surface area contributed by atoms with Gasteiger partial charge in [-0.2, -0.15) is 0 Å². The van der Waals surface area contributed by atoms with E-state index in [0.29, 0.717) is 18.7 Å². The number of hydrogen-bond acceptors (Lipinski definition) is 4. The third-order valence-corrected chi connectivity index (χ3v) is 7.08. The second kappa shape index (κ2) is 10.3. The van der Waals surface area contributed by atoms with Crippen molar-refractivity contribution in [1.29, 1.82) is 0 Å². The van der Waals surface area contributed by atoms with Crippen LogP contribution < -0.4 is 14.4 Å². The van der Waals surface area contributed by atoms with Crippen LogP contribution in [0.4, 0.5) is 5.69 Å². The molecule has 7 heteroatoms. The van der Waals surface area contributed by atoms with Crippen LogP contribution in [0.2, 0.25) is 0 Å². The van der Waals surface area contributed by atoms with E-state index >= 15 is 0 Å². The summed E-state index contributed by atoms with van der Waals surface area (Å²) in [6, 6.07) is 21.1. The van der Waals surface area contributed by atoms with Gasteiger partial charge in [0.25, 0.3) is 10.0 Å². The van der Waals surface area contributed by atoms with Crippen molar-refractivity contribution in [2.24, 2.45) is 0 Å². The van der Waals surface area contributed by atoms with E-state index in [2.05, 4.69) is 5.32 Å². The van der Waals surface area contributed by atoms with Crippen LogP contribution in [0.3, 0.4) is 0 Å². The molecule has 0 fully saturated rings. The zero-order valence-corrected chi connectivity index (χ0v) is 19.4. The Morgan fingerprint density at radius 1 is 0.938 bits per heavy atom. The van der Waals surface area contributed by atoms with Gasteiger partial charge in [-0.25, -0.2) is 8.42 Å². The van der Waals surface area contributed by atoms with Crippen LogP contribution in [-0.4, -0.2) is 34.5 Å². The minimum atomic E-state index is -3.91. The molecule has 3 rings (SSSR count). The average molecular weight is 453 g/mol. The molecule has 1 N–H and O–H groups in total. The van der Waals surface area contributed by atoms with Crippen LogP contribution in [-0.2, 0) is 21.2 Å². The average Bonchev–Trinajstić information content (AvgIpc) is 2.80. The zero-order chi connectivity index (χ0) is 23.1. The molecule has 3 aromatic carbocycles. The number of methoxy groups -OCH3 is 1. The Hall–Kier alpha value is -3.32. The standard InChI is InChI=1S/C25H28N2O4S/c1-19-9-12-22(17-20(19)2)27(32(29,30)24-7-5-4-6-8-24)18-25(28)26-16-15-21-10-13-23(31-3)14-11-21/h4-14,17H,15-16,18H2,1-3H3,(H,26,28). The molecule has 0 atom stereocenters. The van der Waals surface area contributed by atoms with Crippen molar-refractivity contribution in [3.8, 4) is 5.75 Å². The Kier molecular flexibility index (Phi) is 7.53. The van der Waals surface area contributed by atoms with Crippen LogP contribution >= 0.6 is 0 Å². The van der Waals surface area contributed by atoms with Gasteiger partial charge in [-0.05, 0) is 73.4 Å². The summed E-state index contributed by atoms with van der Waals surface area (Å²) >= 11 is 0. The number of nitrogens with one attached hydrogen (secondary N) is 1. The summed E-state index contributed by atoms with van der Waals surface area (Å²) in [5.74, 6) is 0.407. The van der Waals surface area contributed by atoms with Gasteiger partial charge in [-0.3, -0.25) is 9.10 Å². The lowest BCUT2D eigenvalue weighted by molar-refractivity contribution is -0.119. The number of aryl methyl sites for hydroxylation is 2. The number of rotatable bonds is 9. The largest absolute Gasteiger partial charge is 0.497 e. The van der Waals surface area contributed by atoms with E-state index in [-0.39, 0.29) is 17.3 Å². The number of amides is 1. The van der Waals surface area contributed by atoms with Crippen LogP contribution in [0, 0.1) is 13.8 Å². The van der Waals surface area contributed by atoms with Crippen molar-refractivity contribution < 1.29 is 17.9 Å². The molecular weight excluding hydrogens is 424 g/mol. The number of nitrogens with zero attached hydrogens (tertiary/aromatic N) is 1. The molecule has 1 amide bonds. The third-order valence-electron chi connectivity index (χ3n) is 5.29. The fourth-order valence-corrected chi connectivity index (χ4v) is 4.67. The van der Waals surface area contributed by atoms with Crippen molar-refractivity contribution in [3.05, 3.63) is 89.5 Å². The number of carbonyl (C=O) groups excluding carboxylic acids is 1. The molecule has 0 aliphatic carbocycles. The Labute approximate surface area is 189 Å². The molecule has 0 saturated carbocycles.